The van der Waals surface area contributed by atoms with Crippen molar-refractivity contribution in [2.75, 3.05) is 0 Å². The van der Waals surface area contributed by atoms with E-state index < -0.39 is 12.1 Å². The van der Waals surface area contributed by atoms with E-state index in [0.717, 1.165) is 6.42 Å². The highest BCUT2D eigenvalue weighted by molar-refractivity contribution is 5.72. The van der Waals surface area contributed by atoms with Gasteiger partial charge in [0.2, 0.25) is 0 Å². The maximum Gasteiger partial charge on any atom is 0.332 e. The lowest BCUT2D eigenvalue weighted by Gasteiger charge is -2.19. The van der Waals surface area contributed by atoms with Crippen molar-refractivity contribution >= 4 is 5.97 Å². The van der Waals surface area contributed by atoms with Crippen molar-refractivity contribution in [2.45, 2.75) is 52.7 Å². The third kappa shape index (κ3) is 5.64. The molecule has 0 aliphatic carbocycles. The Morgan fingerprint density at radius 1 is 1.38 bits per heavy atom. The highest BCUT2D eigenvalue weighted by Crippen LogP contribution is 2.11. The molecule has 0 rings (SSSR count). The fraction of sp³-hybridized carbons (Fsp3) is 0.900. The fourth-order valence-corrected chi connectivity index (χ4v) is 1.33. The van der Waals surface area contributed by atoms with Crippen LogP contribution < -0.4 is 0 Å². The highest BCUT2D eigenvalue weighted by Gasteiger charge is 2.18. The number of ether oxygens (including phenoxy) is 1. The van der Waals surface area contributed by atoms with E-state index in [4.69, 9.17) is 9.84 Å². The Kier molecular flexibility index (Phi) is 5.71. The van der Waals surface area contributed by atoms with Gasteiger partial charge in [0, 0.05) is 0 Å². The van der Waals surface area contributed by atoms with Gasteiger partial charge >= 0.3 is 5.97 Å². The van der Waals surface area contributed by atoms with Crippen LogP contribution in [0, 0.1) is 5.92 Å². The second-order valence-electron chi connectivity index (χ2n) is 3.81. The number of carbonyl (C=O) groups is 1. The van der Waals surface area contributed by atoms with Crippen LogP contribution in [-0.4, -0.2) is 23.3 Å². The van der Waals surface area contributed by atoms with Gasteiger partial charge in [-0.1, -0.05) is 20.8 Å². The van der Waals surface area contributed by atoms with Gasteiger partial charge in [-0.15, -0.1) is 0 Å². The first-order valence-corrected chi connectivity index (χ1v) is 4.85. The average molecular weight is 188 g/mol. The van der Waals surface area contributed by atoms with Crippen LogP contribution in [-0.2, 0) is 9.53 Å². The van der Waals surface area contributed by atoms with Crippen LogP contribution in [0.1, 0.15) is 40.5 Å². The second-order valence-corrected chi connectivity index (χ2v) is 3.81. The lowest BCUT2D eigenvalue weighted by molar-refractivity contribution is -0.154. The Bertz CT molecular complexity index is 154. The Hall–Kier alpha value is -0.570. The summed E-state index contributed by atoms with van der Waals surface area (Å²) in [6.07, 6.45) is 0.816. The molecule has 0 aromatic heterocycles. The van der Waals surface area contributed by atoms with E-state index in [1.54, 1.807) is 0 Å². The van der Waals surface area contributed by atoms with E-state index in [9.17, 15) is 4.79 Å². The number of carboxylic acids is 1. The molecule has 0 amide bonds. The maximum absolute atomic E-state index is 10.6. The van der Waals surface area contributed by atoms with Crippen LogP contribution in [0.25, 0.3) is 0 Å². The molecule has 0 aliphatic heterocycles. The Balaban J connectivity index is 3.86. The van der Waals surface area contributed by atoms with Gasteiger partial charge < -0.3 is 9.84 Å². The molecule has 78 valence electrons. The average Bonchev–Trinajstić information content (AvgIpc) is 1.98. The summed E-state index contributed by atoms with van der Waals surface area (Å²) >= 11 is 0. The number of hydrogen-bond donors (Lipinski definition) is 1. The summed E-state index contributed by atoms with van der Waals surface area (Å²) in [6, 6.07) is 0. The SMILES string of the molecule is CCC(OC(C)CC(C)C)C(=O)O. The number of hydrogen-bond acceptors (Lipinski definition) is 2. The maximum atomic E-state index is 10.6. The summed E-state index contributed by atoms with van der Waals surface area (Å²) in [6.45, 7) is 7.94. The Morgan fingerprint density at radius 2 is 1.92 bits per heavy atom. The van der Waals surface area contributed by atoms with E-state index in [0.29, 0.717) is 12.3 Å². The molecule has 0 saturated carbocycles. The van der Waals surface area contributed by atoms with Crippen molar-refractivity contribution in [3.63, 3.8) is 0 Å². The predicted octanol–water partition coefficient (Wildman–Crippen LogP) is 2.30. The van der Waals surface area contributed by atoms with Crippen molar-refractivity contribution in [3.8, 4) is 0 Å². The quantitative estimate of drug-likeness (QED) is 0.695. The molecule has 3 nitrogen and oxygen atoms in total. The molecule has 0 spiro atoms. The predicted molar refractivity (Wildman–Crippen MR) is 51.7 cm³/mol. The summed E-state index contributed by atoms with van der Waals surface area (Å²) in [5.41, 5.74) is 0. The first-order chi connectivity index (χ1) is 5.97. The highest BCUT2D eigenvalue weighted by atomic mass is 16.5. The molecule has 0 bridgehead atoms. The van der Waals surface area contributed by atoms with Crippen LogP contribution in [0.15, 0.2) is 0 Å². The molecule has 0 fully saturated rings. The van der Waals surface area contributed by atoms with Gasteiger partial charge in [-0.25, -0.2) is 4.79 Å². The van der Waals surface area contributed by atoms with Crippen molar-refractivity contribution in [2.24, 2.45) is 5.92 Å². The number of aliphatic carboxylic acids is 1. The third-order valence-electron chi connectivity index (χ3n) is 1.85. The zero-order valence-corrected chi connectivity index (χ0v) is 8.91. The third-order valence-corrected chi connectivity index (χ3v) is 1.85. The summed E-state index contributed by atoms with van der Waals surface area (Å²) in [7, 11) is 0. The van der Waals surface area contributed by atoms with Crippen molar-refractivity contribution < 1.29 is 14.6 Å². The van der Waals surface area contributed by atoms with Gasteiger partial charge in [-0.2, -0.15) is 0 Å². The van der Waals surface area contributed by atoms with Crippen LogP contribution in [0.4, 0.5) is 0 Å². The molecule has 3 heteroatoms. The van der Waals surface area contributed by atoms with Crippen LogP contribution in [0.5, 0.6) is 0 Å². The molecule has 0 heterocycles. The number of carboxylic acid groups (broad SMARTS) is 1. The molecule has 0 aliphatic rings. The molecule has 2 atom stereocenters. The lowest BCUT2D eigenvalue weighted by atomic mass is 10.1. The van der Waals surface area contributed by atoms with E-state index >= 15 is 0 Å². The monoisotopic (exact) mass is 188 g/mol. The fourth-order valence-electron chi connectivity index (χ4n) is 1.33. The van der Waals surface area contributed by atoms with E-state index in [-0.39, 0.29) is 6.10 Å². The Morgan fingerprint density at radius 3 is 2.23 bits per heavy atom. The summed E-state index contributed by atoms with van der Waals surface area (Å²) in [5, 5.41) is 8.73. The van der Waals surface area contributed by atoms with Crippen molar-refractivity contribution in [1.29, 1.82) is 0 Å². The Labute approximate surface area is 80.1 Å². The molecular weight excluding hydrogens is 168 g/mol. The molecule has 1 N–H and O–H groups in total. The zero-order chi connectivity index (χ0) is 10.4. The van der Waals surface area contributed by atoms with Gasteiger partial charge in [0.15, 0.2) is 6.10 Å². The molecule has 0 aromatic rings. The molecule has 2 unspecified atom stereocenters. The first-order valence-electron chi connectivity index (χ1n) is 4.85. The van der Waals surface area contributed by atoms with Gasteiger partial charge in [-0.3, -0.25) is 0 Å². The van der Waals surface area contributed by atoms with E-state index in [1.807, 2.05) is 13.8 Å². The minimum atomic E-state index is -0.863. The second kappa shape index (κ2) is 5.97. The molecule has 0 radical (unpaired) electrons. The molecule has 0 aromatic carbocycles. The topological polar surface area (TPSA) is 46.5 Å². The van der Waals surface area contributed by atoms with Gasteiger partial charge in [-0.05, 0) is 25.7 Å². The van der Waals surface area contributed by atoms with Crippen LogP contribution >= 0.6 is 0 Å². The summed E-state index contributed by atoms with van der Waals surface area (Å²) in [5.74, 6) is -0.320. The van der Waals surface area contributed by atoms with Crippen molar-refractivity contribution in [1.82, 2.24) is 0 Å². The normalized spacial score (nSPS) is 15.8. The van der Waals surface area contributed by atoms with Gasteiger partial charge in [0.05, 0.1) is 6.10 Å². The molecule has 13 heavy (non-hydrogen) atoms. The zero-order valence-electron chi connectivity index (χ0n) is 8.91. The summed E-state index contributed by atoms with van der Waals surface area (Å²) < 4.78 is 5.37. The standard InChI is InChI=1S/C10H20O3/c1-5-9(10(11)12)13-8(4)6-7(2)3/h7-9H,5-6H2,1-4H3,(H,11,12). The largest absolute Gasteiger partial charge is 0.479 e. The minimum Gasteiger partial charge on any atom is -0.479 e. The smallest absolute Gasteiger partial charge is 0.332 e. The van der Waals surface area contributed by atoms with Gasteiger partial charge in [0.25, 0.3) is 0 Å². The van der Waals surface area contributed by atoms with Crippen LogP contribution in [0.3, 0.4) is 0 Å². The van der Waals surface area contributed by atoms with Gasteiger partial charge in [0.1, 0.15) is 0 Å². The first kappa shape index (κ1) is 12.4. The van der Waals surface area contributed by atoms with E-state index in [2.05, 4.69) is 13.8 Å². The molecular formula is C10H20O3. The van der Waals surface area contributed by atoms with Crippen LogP contribution in [0.2, 0.25) is 0 Å². The van der Waals surface area contributed by atoms with E-state index in [1.165, 1.54) is 0 Å². The lowest BCUT2D eigenvalue weighted by Crippen LogP contribution is -2.28. The van der Waals surface area contributed by atoms with Crippen molar-refractivity contribution in [3.05, 3.63) is 0 Å². The summed E-state index contributed by atoms with van der Waals surface area (Å²) in [4.78, 5) is 10.6. The number of rotatable bonds is 6. The minimum absolute atomic E-state index is 0.0287. The molecule has 0 saturated heterocycles.